The number of fused-ring (bicyclic) bond motifs is 1. The second-order valence-electron chi connectivity index (χ2n) is 4.03. The molecule has 19 heavy (non-hydrogen) atoms. The quantitative estimate of drug-likeness (QED) is 0.883. The van der Waals surface area contributed by atoms with E-state index in [2.05, 4.69) is 10.0 Å². The first-order valence-electron chi connectivity index (χ1n) is 5.66. The largest absolute Gasteiger partial charge is 0.479 e. The Morgan fingerprint density at radius 3 is 2.79 bits per heavy atom. The first kappa shape index (κ1) is 14.1. The zero-order valence-corrected chi connectivity index (χ0v) is 11.9. The highest BCUT2D eigenvalue weighted by Crippen LogP contribution is 2.36. The van der Waals surface area contributed by atoms with Crippen LogP contribution < -0.4 is 14.8 Å². The van der Waals surface area contributed by atoms with E-state index < -0.39 is 16.1 Å². The van der Waals surface area contributed by atoms with Crippen molar-refractivity contribution in [3.05, 3.63) is 17.2 Å². The minimum Gasteiger partial charge on any atom is -0.479 e. The Labute approximate surface area is 116 Å². The number of amides is 1. The monoisotopic (exact) mass is 304 g/mol. The number of ether oxygens (including phenoxy) is 1. The van der Waals surface area contributed by atoms with Crippen molar-refractivity contribution in [2.75, 3.05) is 11.9 Å². The lowest BCUT2D eigenvalue weighted by Crippen LogP contribution is -2.34. The number of hydrogen-bond acceptors (Lipinski definition) is 4. The van der Waals surface area contributed by atoms with Crippen LogP contribution in [0.3, 0.4) is 0 Å². The molecule has 0 radical (unpaired) electrons. The second-order valence-corrected chi connectivity index (χ2v) is 6.17. The summed E-state index contributed by atoms with van der Waals surface area (Å²) in [6, 6.07) is 2.68. The molecule has 0 bridgehead atoms. The van der Waals surface area contributed by atoms with Crippen molar-refractivity contribution < 1.29 is 17.9 Å². The first-order valence-corrected chi connectivity index (χ1v) is 7.52. The Hall–Kier alpha value is -1.31. The van der Waals surface area contributed by atoms with Gasteiger partial charge in [-0.1, -0.05) is 18.5 Å². The summed E-state index contributed by atoms with van der Waals surface area (Å²) >= 11 is 5.94. The van der Waals surface area contributed by atoms with Gasteiger partial charge in [0.05, 0.1) is 10.7 Å². The number of rotatable bonds is 3. The van der Waals surface area contributed by atoms with Gasteiger partial charge in [-0.25, -0.2) is 13.1 Å². The molecule has 0 fully saturated rings. The molecule has 1 aliphatic rings. The molecule has 1 atom stereocenters. The summed E-state index contributed by atoms with van der Waals surface area (Å²) in [6.07, 6.45) is -0.677. The third-order valence-electron chi connectivity index (χ3n) is 2.59. The summed E-state index contributed by atoms with van der Waals surface area (Å²) in [4.78, 5) is 11.4. The lowest BCUT2D eigenvalue weighted by Gasteiger charge is -2.24. The Kier molecular flexibility index (Phi) is 3.71. The summed E-state index contributed by atoms with van der Waals surface area (Å²) in [5.74, 6) is -0.0150. The van der Waals surface area contributed by atoms with E-state index in [1.165, 1.54) is 12.1 Å². The molecule has 2 rings (SSSR count). The highest BCUT2D eigenvalue weighted by atomic mass is 35.5. The van der Waals surface area contributed by atoms with E-state index in [-0.39, 0.29) is 28.1 Å². The first-order chi connectivity index (χ1) is 8.85. The molecule has 1 aromatic carbocycles. The van der Waals surface area contributed by atoms with Crippen LogP contribution in [0.4, 0.5) is 5.69 Å². The fourth-order valence-electron chi connectivity index (χ4n) is 1.68. The fourth-order valence-corrected chi connectivity index (χ4v) is 3.26. The SMILES string of the molecule is CCNS(=O)(=O)c1cc2c(cc1Cl)NC(=O)C(C)O2. The highest BCUT2D eigenvalue weighted by molar-refractivity contribution is 7.89. The van der Waals surface area contributed by atoms with E-state index in [0.717, 1.165) is 0 Å². The third kappa shape index (κ3) is 2.68. The molecule has 0 saturated heterocycles. The molecule has 0 saturated carbocycles. The summed E-state index contributed by atoms with van der Waals surface area (Å²) < 4.78 is 31.6. The van der Waals surface area contributed by atoms with Crippen molar-refractivity contribution in [3.63, 3.8) is 0 Å². The highest BCUT2D eigenvalue weighted by Gasteiger charge is 2.27. The second kappa shape index (κ2) is 4.99. The number of sulfonamides is 1. The molecular weight excluding hydrogens is 292 g/mol. The number of benzene rings is 1. The lowest BCUT2D eigenvalue weighted by molar-refractivity contribution is -0.122. The smallest absolute Gasteiger partial charge is 0.265 e. The number of hydrogen-bond donors (Lipinski definition) is 2. The molecule has 6 nitrogen and oxygen atoms in total. The van der Waals surface area contributed by atoms with Crippen LogP contribution in [-0.4, -0.2) is 27.0 Å². The molecule has 1 heterocycles. The minimum atomic E-state index is -3.68. The summed E-state index contributed by atoms with van der Waals surface area (Å²) in [5, 5.41) is 2.62. The third-order valence-corrected chi connectivity index (χ3v) is 4.60. The number of carbonyl (C=O) groups excluding carboxylic acids is 1. The summed E-state index contributed by atoms with van der Waals surface area (Å²) in [7, 11) is -3.68. The van der Waals surface area contributed by atoms with E-state index >= 15 is 0 Å². The number of carbonyl (C=O) groups is 1. The maximum atomic E-state index is 11.9. The molecule has 1 unspecified atom stereocenters. The van der Waals surface area contributed by atoms with E-state index in [0.29, 0.717) is 5.69 Å². The van der Waals surface area contributed by atoms with E-state index in [1.54, 1.807) is 13.8 Å². The Bertz CT molecular complexity index is 630. The van der Waals surface area contributed by atoms with Crippen LogP contribution in [0, 0.1) is 0 Å². The minimum absolute atomic E-state index is 0.0261. The topological polar surface area (TPSA) is 84.5 Å². The molecular formula is C11H13ClN2O4S. The summed E-state index contributed by atoms with van der Waals surface area (Å²) in [6.45, 7) is 3.50. The zero-order chi connectivity index (χ0) is 14.2. The van der Waals surface area contributed by atoms with E-state index in [4.69, 9.17) is 16.3 Å². The van der Waals surface area contributed by atoms with E-state index in [1.807, 2.05) is 0 Å². The van der Waals surface area contributed by atoms with Crippen molar-refractivity contribution in [2.24, 2.45) is 0 Å². The van der Waals surface area contributed by atoms with Gasteiger partial charge in [-0.2, -0.15) is 0 Å². The van der Waals surface area contributed by atoms with Crippen LogP contribution in [0.15, 0.2) is 17.0 Å². The van der Waals surface area contributed by atoms with Crippen LogP contribution in [0.25, 0.3) is 0 Å². The zero-order valence-electron chi connectivity index (χ0n) is 10.4. The maximum Gasteiger partial charge on any atom is 0.265 e. The van der Waals surface area contributed by atoms with Crippen molar-refractivity contribution in [1.29, 1.82) is 0 Å². The Morgan fingerprint density at radius 1 is 1.47 bits per heavy atom. The predicted octanol–water partition coefficient (Wildman–Crippen LogP) is 1.36. The molecule has 0 spiro atoms. The fraction of sp³-hybridized carbons (Fsp3) is 0.364. The molecule has 104 valence electrons. The van der Waals surface area contributed by atoms with E-state index in [9.17, 15) is 13.2 Å². The van der Waals surface area contributed by atoms with Gasteiger partial charge in [0.1, 0.15) is 10.6 Å². The van der Waals surface area contributed by atoms with Crippen LogP contribution in [0.2, 0.25) is 5.02 Å². The van der Waals surface area contributed by atoms with Gasteiger partial charge in [0.2, 0.25) is 10.0 Å². The predicted molar refractivity (Wildman–Crippen MR) is 71.0 cm³/mol. The van der Waals surface area contributed by atoms with Crippen LogP contribution in [0.5, 0.6) is 5.75 Å². The Balaban J connectivity index is 2.50. The molecule has 2 N–H and O–H groups in total. The van der Waals surface area contributed by atoms with Gasteiger partial charge >= 0.3 is 0 Å². The standard InChI is InChI=1S/C11H13ClN2O4S/c1-3-13-19(16,17)10-5-9-8(4-7(10)12)14-11(15)6(2)18-9/h4-6,13H,3H2,1-2H3,(H,14,15). The van der Waals surface area contributed by atoms with Crippen molar-refractivity contribution in [1.82, 2.24) is 4.72 Å². The summed E-state index contributed by atoms with van der Waals surface area (Å²) in [5.41, 5.74) is 0.364. The Morgan fingerprint density at radius 2 is 2.16 bits per heavy atom. The lowest BCUT2D eigenvalue weighted by atomic mass is 10.2. The normalized spacial score (nSPS) is 18.5. The molecule has 1 amide bonds. The van der Waals surface area contributed by atoms with Crippen LogP contribution >= 0.6 is 11.6 Å². The molecule has 1 aliphatic heterocycles. The van der Waals surface area contributed by atoms with Crippen molar-refractivity contribution in [3.8, 4) is 5.75 Å². The van der Waals surface area contributed by atoms with Gasteiger partial charge in [0.25, 0.3) is 5.91 Å². The number of anilines is 1. The number of halogens is 1. The van der Waals surface area contributed by atoms with Gasteiger partial charge in [0.15, 0.2) is 6.10 Å². The van der Waals surface area contributed by atoms with Crippen LogP contribution in [-0.2, 0) is 14.8 Å². The van der Waals surface area contributed by atoms with Gasteiger partial charge < -0.3 is 10.1 Å². The van der Waals surface area contributed by atoms with Crippen molar-refractivity contribution >= 4 is 33.2 Å². The molecule has 8 heteroatoms. The maximum absolute atomic E-state index is 11.9. The molecule has 1 aromatic rings. The van der Waals surface area contributed by atoms with Gasteiger partial charge in [0, 0.05) is 12.6 Å². The van der Waals surface area contributed by atoms with Gasteiger partial charge in [-0.15, -0.1) is 0 Å². The van der Waals surface area contributed by atoms with Crippen molar-refractivity contribution in [2.45, 2.75) is 24.8 Å². The average Bonchev–Trinajstić information content (AvgIpc) is 2.30. The molecule has 0 aromatic heterocycles. The average molecular weight is 305 g/mol. The van der Waals surface area contributed by atoms with Gasteiger partial charge in [-0.05, 0) is 13.0 Å². The van der Waals surface area contributed by atoms with Crippen LogP contribution in [0.1, 0.15) is 13.8 Å². The van der Waals surface area contributed by atoms with Gasteiger partial charge in [-0.3, -0.25) is 4.79 Å². The number of nitrogens with one attached hydrogen (secondary N) is 2. The molecule has 0 aliphatic carbocycles.